The number of nitroso groups, excluding NO2 is 1. The summed E-state index contributed by atoms with van der Waals surface area (Å²) in [5, 5.41) is 4.36. The van der Waals surface area contributed by atoms with Gasteiger partial charge in [0.25, 0.3) is 0 Å². The van der Waals surface area contributed by atoms with Gasteiger partial charge in [0.15, 0.2) is 0 Å². The molecule has 1 heterocycles. The van der Waals surface area contributed by atoms with E-state index in [2.05, 4.69) is 5.29 Å². The first-order valence-electron chi connectivity index (χ1n) is 4.71. The van der Waals surface area contributed by atoms with Gasteiger partial charge in [-0.25, -0.2) is 0 Å². The van der Waals surface area contributed by atoms with Crippen molar-refractivity contribution in [3.8, 4) is 11.5 Å². The Kier molecular flexibility index (Phi) is 2.71. The summed E-state index contributed by atoms with van der Waals surface area (Å²) in [7, 11) is 1.61. The minimum atomic E-state index is 0.468. The van der Waals surface area contributed by atoms with Gasteiger partial charge in [-0.05, 0) is 18.2 Å². The maximum Gasteiger partial charge on any atom is 0.124 e. The molecule has 15 heavy (non-hydrogen) atoms. The highest BCUT2D eigenvalue weighted by Crippen LogP contribution is 2.27. The summed E-state index contributed by atoms with van der Waals surface area (Å²) in [6.07, 6.45) is 0. The van der Waals surface area contributed by atoms with Gasteiger partial charge < -0.3 is 9.47 Å². The Bertz CT molecular complexity index is 368. The fraction of sp³-hybridized carbons (Fsp3) is 0.400. The molecule has 0 saturated heterocycles. The van der Waals surface area contributed by atoms with Gasteiger partial charge in [0.1, 0.15) is 18.1 Å². The summed E-state index contributed by atoms with van der Waals surface area (Å²) in [4.78, 5) is 10.5. The lowest BCUT2D eigenvalue weighted by molar-refractivity contribution is 0.231. The lowest BCUT2D eigenvalue weighted by atomic mass is 10.2. The molecule has 80 valence electrons. The summed E-state index contributed by atoms with van der Waals surface area (Å²) in [5.74, 6) is 1.55. The van der Waals surface area contributed by atoms with E-state index >= 15 is 0 Å². The zero-order chi connectivity index (χ0) is 10.7. The van der Waals surface area contributed by atoms with Crippen molar-refractivity contribution in [1.29, 1.82) is 0 Å². The molecule has 2 rings (SSSR count). The monoisotopic (exact) mass is 208 g/mol. The van der Waals surface area contributed by atoms with Gasteiger partial charge in [0, 0.05) is 5.56 Å². The predicted molar refractivity (Wildman–Crippen MR) is 54.7 cm³/mol. The standard InChI is InChI=1S/C10H12N2O3/c1-14-9-2-3-10-8(6-9)7-12(11-13)4-5-15-10/h2-3,6H,4-5,7H2,1H3. The van der Waals surface area contributed by atoms with E-state index in [1.54, 1.807) is 7.11 Å². The zero-order valence-corrected chi connectivity index (χ0v) is 8.47. The lowest BCUT2D eigenvalue weighted by Crippen LogP contribution is -2.18. The van der Waals surface area contributed by atoms with Crippen LogP contribution >= 0.6 is 0 Å². The van der Waals surface area contributed by atoms with E-state index in [0.29, 0.717) is 19.7 Å². The summed E-state index contributed by atoms with van der Waals surface area (Å²) in [6.45, 7) is 1.46. The molecular weight excluding hydrogens is 196 g/mol. The van der Waals surface area contributed by atoms with Crippen LogP contribution in [0.4, 0.5) is 0 Å². The second-order valence-electron chi connectivity index (χ2n) is 3.29. The minimum absolute atomic E-state index is 0.468. The van der Waals surface area contributed by atoms with Gasteiger partial charge in [-0.3, -0.25) is 5.01 Å². The van der Waals surface area contributed by atoms with Crippen molar-refractivity contribution in [3.63, 3.8) is 0 Å². The molecule has 0 fully saturated rings. The normalized spacial score (nSPS) is 14.9. The van der Waals surface area contributed by atoms with Crippen LogP contribution in [0.1, 0.15) is 5.56 Å². The van der Waals surface area contributed by atoms with Gasteiger partial charge in [-0.2, -0.15) is 0 Å². The van der Waals surface area contributed by atoms with Gasteiger partial charge in [0.05, 0.1) is 25.5 Å². The summed E-state index contributed by atoms with van der Waals surface area (Å²) >= 11 is 0. The van der Waals surface area contributed by atoms with Crippen LogP contribution in [0.5, 0.6) is 11.5 Å². The van der Waals surface area contributed by atoms with E-state index in [1.165, 1.54) is 5.01 Å². The maximum absolute atomic E-state index is 10.5. The number of rotatable bonds is 2. The van der Waals surface area contributed by atoms with Crippen molar-refractivity contribution in [1.82, 2.24) is 5.01 Å². The van der Waals surface area contributed by atoms with E-state index in [9.17, 15) is 4.91 Å². The predicted octanol–water partition coefficient (Wildman–Crippen LogP) is 1.57. The van der Waals surface area contributed by atoms with E-state index < -0.39 is 0 Å². The van der Waals surface area contributed by atoms with Crippen molar-refractivity contribution in [3.05, 3.63) is 28.7 Å². The average Bonchev–Trinajstić information content (AvgIpc) is 2.49. The third kappa shape index (κ3) is 2.01. The van der Waals surface area contributed by atoms with Crippen LogP contribution in [0.2, 0.25) is 0 Å². The number of methoxy groups -OCH3 is 1. The highest BCUT2D eigenvalue weighted by Gasteiger charge is 2.15. The zero-order valence-electron chi connectivity index (χ0n) is 8.47. The van der Waals surface area contributed by atoms with Gasteiger partial charge >= 0.3 is 0 Å². The largest absolute Gasteiger partial charge is 0.497 e. The van der Waals surface area contributed by atoms with Crippen LogP contribution in [-0.2, 0) is 6.54 Å². The van der Waals surface area contributed by atoms with Gasteiger partial charge in [-0.1, -0.05) is 0 Å². The second kappa shape index (κ2) is 4.16. The van der Waals surface area contributed by atoms with Crippen molar-refractivity contribution in [2.45, 2.75) is 6.54 Å². The molecule has 0 saturated carbocycles. The quantitative estimate of drug-likeness (QED) is 0.692. The maximum atomic E-state index is 10.5. The first kappa shape index (κ1) is 9.76. The highest BCUT2D eigenvalue weighted by molar-refractivity contribution is 5.40. The van der Waals surface area contributed by atoms with E-state index in [4.69, 9.17) is 9.47 Å². The SMILES string of the molecule is COc1ccc2c(c1)CN(N=O)CCO2. The fourth-order valence-electron chi connectivity index (χ4n) is 1.55. The Morgan fingerprint density at radius 2 is 2.40 bits per heavy atom. The van der Waals surface area contributed by atoms with Crippen molar-refractivity contribution in [2.24, 2.45) is 5.29 Å². The van der Waals surface area contributed by atoms with Crippen LogP contribution in [0.25, 0.3) is 0 Å². The van der Waals surface area contributed by atoms with Crippen molar-refractivity contribution in [2.75, 3.05) is 20.3 Å². The summed E-state index contributed by atoms with van der Waals surface area (Å²) in [6, 6.07) is 5.55. The van der Waals surface area contributed by atoms with E-state index in [-0.39, 0.29) is 0 Å². The molecule has 1 aliphatic heterocycles. The molecule has 0 aliphatic carbocycles. The molecule has 0 spiro atoms. The highest BCUT2D eigenvalue weighted by atomic mass is 16.5. The second-order valence-corrected chi connectivity index (χ2v) is 3.29. The molecule has 1 aliphatic rings. The molecule has 0 N–H and O–H groups in total. The molecule has 0 aromatic heterocycles. The first-order valence-corrected chi connectivity index (χ1v) is 4.71. The number of hydrogen-bond acceptors (Lipinski definition) is 4. The third-order valence-corrected chi connectivity index (χ3v) is 2.34. The number of nitrogens with zero attached hydrogens (tertiary/aromatic N) is 2. The molecule has 5 heteroatoms. The Morgan fingerprint density at radius 1 is 1.53 bits per heavy atom. The number of benzene rings is 1. The first-order chi connectivity index (χ1) is 7.33. The molecule has 0 unspecified atom stereocenters. The van der Waals surface area contributed by atoms with Crippen LogP contribution < -0.4 is 9.47 Å². The molecule has 0 amide bonds. The molecule has 1 aromatic rings. The minimum Gasteiger partial charge on any atom is -0.497 e. The summed E-state index contributed by atoms with van der Waals surface area (Å²) < 4.78 is 10.6. The molecule has 0 atom stereocenters. The molecule has 1 aromatic carbocycles. The van der Waals surface area contributed by atoms with Crippen molar-refractivity contribution < 1.29 is 9.47 Å². The Balaban J connectivity index is 2.31. The van der Waals surface area contributed by atoms with Crippen LogP contribution in [0.3, 0.4) is 0 Å². The molecular formula is C10H12N2O3. The fourth-order valence-corrected chi connectivity index (χ4v) is 1.55. The van der Waals surface area contributed by atoms with Gasteiger partial charge in [-0.15, -0.1) is 4.91 Å². The topological polar surface area (TPSA) is 51.1 Å². The van der Waals surface area contributed by atoms with Gasteiger partial charge in [0.2, 0.25) is 0 Å². The van der Waals surface area contributed by atoms with E-state index in [1.807, 2.05) is 18.2 Å². The number of fused-ring (bicyclic) bond motifs is 1. The Morgan fingerprint density at radius 3 is 3.13 bits per heavy atom. The molecule has 0 radical (unpaired) electrons. The van der Waals surface area contributed by atoms with Crippen LogP contribution in [-0.4, -0.2) is 25.3 Å². The van der Waals surface area contributed by atoms with Crippen LogP contribution in [0, 0.1) is 4.91 Å². The van der Waals surface area contributed by atoms with Crippen LogP contribution in [0.15, 0.2) is 23.5 Å². The average molecular weight is 208 g/mol. The van der Waals surface area contributed by atoms with E-state index in [0.717, 1.165) is 17.1 Å². The lowest BCUT2D eigenvalue weighted by Gasteiger charge is -2.10. The van der Waals surface area contributed by atoms with Crippen molar-refractivity contribution >= 4 is 0 Å². The summed E-state index contributed by atoms with van der Waals surface area (Å²) in [5.41, 5.74) is 0.923. The molecule has 5 nitrogen and oxygen atoms in total. The third-order valence-electron chi connectivity index (χ3n) is 2.34. The number of ether oxygens (including phenoxy) is 2. The Labute approximate surface area is 87.5 Å². The molecule has 0 bridgehead atoms. The number of hydrogen-bond donors (Lipinski definition) is 0. The smallest absolute Gasteiger partial charge is 0.124 e. The Hall–Kier alpha value is -1.78.